The minimum absolute atomic E-state index is 0.494. The largest absolute Gasteiger partial charge is 0.381 e. The van der Waals surface area contributed by atoms with Crippen LogP contribution in [0.5, 0.6) is 0 Å². The van der Waals surface area contributed by atoms with Crippen LogP contribution >= 0.6 is 0 Å². The van der Waals surface area contributed by atoms with Crippen LogP contribution in [0.25, 0.3) is 0 Å². The Morgan fingerprint density at radius 3 is 2.55 bits per heavy atom. The van der Waals surface area contributed by atoms with Gasteiger partial charge >= 0.3 is 0 Å². The van der Waals surface area contributed by atoms with Crippen molar-refractivity contribution in [3.8, 4) is 0 Å². The van der Waals surface area contributed by atoms with E-state index in [1.807, 2.05) is 0 Å². The topological polar surface area (TPSA) is 35.2 Å². The van der Waals surface area contributed by atoms with Gasteiger partial charge in [-0.05, 0) is 37.6 Å². The van der Waals surface area contributed by atoms with Gasteiger partial charge in [-0.3, -0.25) is 0 Å². The van der Waals surface area contributed by atoms with Gasteiger partial charge in [0.2, 0.25) is 0 Å². The highest BCUT2D eigenvalue weighted by molar-refractivity contribution is 4.93. The summed E-state index contributed by atoms with van der Waals surface area (Å²) in [5.41, 5.74) is 6.12. The highest BCUT2D eigenvalue weighted by Gasteiger charge is 2.40. The molecule has 0 spiro atoms. The number of rotatable bonds is 6. The van der Waals surface area contributed by atoms with E-state index in [1.54, 1.807) is 0 Å². The zero-order valence-electron chi connectivity index (χ0n) is 7.44. The van der Waals surface area contributed by atoms with E-state index in [0.29, 0.717) is 5.41 Å². The molecule has 0 heterocycles. The number of ether oxygens (including phenoxy) is 1. The summed E-state index contributed by atoms with van der Waals surface area (Å²) in [5.74, 6) is 0. The molecule has 2 N–H and O–H groups in total. The molecular weight excluding hydrogens is 138 g/mol. The van der Waals surface area contributed by atoms with Gasteiger partial charge in [0.25, 0.3) is 0 Å². The maximum Gasteiger partial charge on any atom is 0.0471 e. The first-order valence-electron chi connectivity index (χ1n) is 4.61. The molecule has 0 bridgehead atoms. The molecule has 1 fully saturated rings. The van der Waals surface area contributed by atoms with Crippen molar-refractivity contribution in [2.75, 3.05) is 19.8 Å². The Morgan fingerprint density at radius 2 is 2.09 bits per heavy atom. The Labute approximate surface area is 69.1 Å². The lowest BCUT2D eigenvalue weighted by Gasteiger charge is -2.11. The summed E-state index contributed by atoms with van der Waals surface area (Å²) < 4.78 is 5.40. The molecule has 2 heteroatoms. The first-order valence-corrected chi connectivity index (χ1v) is 4.61. The Morgan fingerprint density at radius 1 is 1.36 bits per heavy atom. The van der Waals surface area contributed by atoms with E-state index in [4.69, 9.17) is 10.5 Å². The fraction of sp³-hybridized carbons (Fsp3) is 1.00. The molecule has 0 aromatic heterocycles. The lowest BCUT2D eigenvalue weighted by atomic mass is 10.0. The summed E-state index contributed by atoms with van der Waals surface area (Å²) in [4.78, 5) is 0. The maximum atomic E-state index is 5.63. The zero-order valence-corrected chi connectivity index (χ0v) is 7.44. The molecular formula is C9H19NO. The van der Waals surface area contributed by atoms with E-state index in [9.17, 15) is 0 Å². The van der Waals surface area contributed by atoms with Gasteiger partial charge in [0, 0.05) is 13.2 Å². The second-order valence-corrected chi connectivity index (χ2v) is 3.57. The second-order valence-electron chi connectivity index (χ2n) is 3.57. The van der Waals surface area contributed by atoms with Crippen LogP contribution in [0.2, 0.25) is 0 Å². The molecule has 11 heavy (non-hydrogen) atoms. The zero-order chi connectivity index (χ0) is 8.16. The van der Waals surface area contributed by atoms with Crippen molar-refractivity contribution < 1.29 is 4.74 Å². The summed E-state index contributed by atoms with van der Waals surface area (Å²) in [7, 11) is 0. The normalized spacial score (nSPS) is 20.2. The summed E-state index contributed by atoms with van der Waals surface area (Å²) in [5, 5.41) is 0. The molecule has 2 nitrogen and oxygen atoms in total. The van der Waals surface area contributed by atoms with Crippen LogP contribution in [-0.2, 0) is 4.74 Å². The van der Waals surface area contributed by atoms with Gasteiger partial charge in [-0.2, -0.15) is 0 Å². The Kier molecular flexibility index (Phi) is 3.34. The number of hydrogen-bond donors (Lipinski definition) is 1. The fourth-order valence-corrected chi connectivity index (χ4v) is 1.27. The maximum absolute atomic E-state index is 5.63. The molecule has 0 aliphatic heterocycles. The molecule has 0 aromatic carbocycles. The van der Waals surface area contributed by atoms with Crippen LogP contribution in [0.1, 0.15) is 32.6 Å². The van der Waals surface area contributed by atoms with Gasteiger partial charge in [-0.1, -0.05) is 6.92 Å². The van der Waals surface area contributed by atoms with E-state index in [1.165, 1.54) is 19.3 Å². The molecule has 1 aliphatic rings. The van der Waals surface area contributed by atoms with Crippen molar-refractivity contribution in [3.63, 3.8) is 0 Å². The van der Waals surface area contributed by atoms with Crippen LogP contribution in [0.3, 0.4) is 0 Å². The summed E-state index contributed by atoms with van der Waals surface area (Å²) in [6.45, 7) is 4.80. The molecule has 1 saturated carbocycles. The highest BCUT2D eigenvalue weighted by atomic mass is 16.5. The van der Waals surface area contributed by atoms with Crippen LogP contribution < -0.4 is 5.73 Å². The van der Waals surface area contributed by atoms with Gasteiger partial charge < -0.3 is 10.5 Å². The van der Waals surface area contributed by atoms with E-state index in [0.717, 1.165) is 26.2 Å². The predicted molar refractivity (Wildman–Crippen MR) is 46.4 cm³/mol. The molecule has 0 radical (unpaired) electrons. The lowest BCUT2D eigenvalue weighted by molar-refractivity contribution is 0.118. The van der Waals surface area contributed by atoms with Gasteiger partial charge in [0.1, 0.15) is 0 Å². The third-order valence-electron chi connectivity index (χ3n) is 2.52. The molecule has 1 aliphatic carbocycles. The van der Waals surface area contributed by atoms with E-state index < -0.39 is 0 Å². The van der Waals surface area contributed by atoms with Crippen LogP contribution in [-0.4, -0.2) is 19.8 Å². The first kappa shape index (κ1) is 9.01. The Balaban J connectivity index is 1.94. The predicted octanol–water partition coefficient (Wildman–Crippen LogP) is 1.54. The lowest BCUT2D eigenvalue weighted by Crippen LogP contribution is -2.17. The van der Waals surface area contributed by atoms with Crippen molar-refractivity contribution in [2.24, 2.45) is 11.1 Å². The summed E-state index contributed by atoms with van der Waals surface area (Å²) >= 11 is 0. The molecule has 0 amide bonds. The average molecular weight is 157 g/mol. The quantitative estimate of drug-likeness (QED) is 0.594. The molecule has 0 saturated heterocycles. The minimum Gasteiger partial charge on any atom is -0.381 e. The standard InChI is InChI=1S/C9H19NO/c1-2-6-11-7-5-9(8-10)3-4-9/h2-8,10H2,1H3. The van der Waals surface area contributed by atoms with Crippen molar-refractivity contribution in [1.82, 2.24) is 0 Å². The number of nitrogens with two attached hydrogens (primary N) is 1. The number of hydrogen-bond acceptors (Lipinski definition) is 2. The molecule has 0 aromatic rings. The SMILES string of the molecule is CCCOCCC1(CN)CC1. The van der Waals surface area contributed by atoms with Crippen molar-refractivity contribution in [3.05, 3.63) is 0 Å². The monoisotopic (exact) mass is 157 g/mol. The van der Waals surface area contributed by atoms with E-state index >= 15 is 0 Å². The van der Waals surface area contributed by atoms with Crippen LogP contribution in [0.15, 0.2) is 0 Å². The van der Waals surface area contributed by atoms with Crippen molar-refractivity contribution in [1.29, 1.82) is 0 Å². The van der Waals surface area contributed by atoms with Gasteiger partial charge in [0.05, 0.1) is 0 Å². The smallest absolute Gasteiger partial charge is 0.0471 e. The first-order chi connectivity index (χ1) is 5.33. The molecule has 0 unspecified atom stereocenters. The van der Waals surface area contributed by atoms with Gasteiger partial charge in [-0.15, -0.1) is 0 Å². The third-order valence-corrected chi connectivity index (χ3v) is 2.52. The van der Waals surface area contributed by atoms with Crippen molar-refractivity contribution in [2.45, 2.75) is 32.6 Å². The fourth-order valence-electron chi connectivity index (χ4n) is 1.27. The van der Waals surface area contributed by atoms with Crippen molar-refractivity contribution >= 4 is 0 Å². The van der Waals surface area contributed by atoms with Gasteiger partial charge in [0.15, 0.2) is 0 Å². The molecule has 66 valence electrons. The van der Waals surface area contributed by atoms with Gasteiger partial charge in [-0.25, -0.2) is 0 Å². The molecule has 0 atom stereocenters. The Hall–Kier alpha value is -0.0800. The van der Waals surface area contributed by atoms with E-state index in [-0.39, 0.29) is 0 Å². The van der Waals surface area contributed by atoms with E-state index in [2.05, 4.69) is 6.92 Å². The van der Waals surface area contributed by atoms with Crippen LogP contribution in [0.4, 0.5) is 0 Å². The summed E-state index contributed by atoms with van der Waals surface area (Å²) in [6, 6.07) is 0. The Bertz CT molecular complexity index is 110. The molecule has 1 rings (SSSR count). The second kappa shape index (κ2) is 4.07. The average Bonchev–Trinajstić information content (AvgIpc) is 2.80. The minimum atomic E-state index is 0.494. The van der Waals surface area contributed by atoms with Crippen LogP contribution in [0, 0.1) is 5.41 Å². The third kappa shape index (κ3) is 2.80. The highest BCUT2D eigenvalue weighted by Crippen LogP contribution is 2.47. The summed E-state index contributed by atoms with van der Waals surface area (Å²) in [6.07, 6.45) is 4.93.